The molecule has 4 N–H and O–H groups in total. The van der Waals surface area contributed by atoms with Crippen LogP contribution in [0.1, 0.15) is 13.3 Å². The topological polar surface area (TPSA) is 90.7 Å². The van der Waals surface area contributed by atoms with Gasteiger partial charge < -0.3 is 16.0 Å². The Morgan fingerprint density at radius 3 is 2.63 bits per heavy atom. The molecule has 19 heavy (non-hydrogen) atoms. The molecule has 1 unspecified atom stereocenters. The normalized spacial score (nSPS) is 19.5. The lowest BCUT2D eigenvalue weighted by Gasteiger charge is -2.26. The Balaban J connectivity index is 2.46. The van der Waals surface area contributed by atoms with Crippen LogP contribution >= 0.6 is 0 Å². The van der Waals surface area contributed by atoms with Crippen molar-refractivity contribution in [3.05, 3.63) is 0 Å². The molecule has 0 aliphatic carbocycles. The quantitative estimate of drug-likeness (QED) is 0.597. The average molecular weight is 271 g/mol. The third-order valence-electron chi connectivity index (χ3n) is 3.46. The van der Waals surface area contributed by atoms with Crippen molar-refractivity contribution in [2.75, 3.05) is 46.3 Å². The molecule has 7 heteroatoms. The number of carbonyl (C=O) groups is 2. The number of imide groups is 1. The Labute approximate surface area is 114 Å². The van der Waals surface area contributed by atoms with E-state index in [1.807, 2.05) is 6.92 Å². The number of nitrogens with two attached hydrogens (primary N) is 1. The van der Waals surface area contributed by atoms with Crippen molar-refractivity contribution in [3.8, 4) is 0 Å². The predicted molar refractivity (Wildman–Crippen MR) is 73.7 cm³/mol. The van der Waals surface area contributed by atoms with Crippen molar-refractivity contribution >= 4 is 11.9 Å². The van der Waals surface area contributed by atoms with Crippen molar-refractivity contribution in [1.29, 1.82) is 0 Å². The Morgan fingerprint density at radius 1 is 1.26 bits per heavy atom. The van der Waals surface area contributed by atoms with Gasteiger partial charge in [-0.3, -0.25) is 15.0 Å². The van der Waals surface area contributed by atoms with E-state index in [1.165, 1.54) is 7.05 Å². The lowest BCUT2D eigenvalue weighted by atomic mass is 10.2. The molecule has 0 aromatic carbocycles. The van der Waals surface area contributed by atoms with Crippen molar-refractivity contribution in [2.45, 2.75) is 19.4 Å². The zero-order valence-electron chi connectivity index (χ0n) is 11.8. The van der Waals surface area contributed by atoms with Gasteiger partial charge in [-0.15, -0.1) is 0 Å². The lowest BCUT2D eigenvalue weighted by molar-refractivity contribution is -0.124. The van der Waals surface area contributed by atoms with E-state index >= 15 is 0 Å². The molecule has 1 aliphatic rings. The smallest absolute Gasteiger partial charge is 0.321 e. The second kappa shape index (κ2) is 8.08. The number of carbonyl (C=O) groups excluding carboxylic acids is 2. The Morgan fingerprint density at radius 2 is 2.00 bits per heavy atom. The summed E-state index contributed by atoms with van der Waals surface area (Å²) in [4.78, 5) is 27.4. The second-order valence-corrected chi connectivity index (χ2v) is 4.76. The largest absolute Gasteiger partial charge is 0.341 e. The summed E-state index contributed by atoms with van der Waals surface area (Å²) in [6.07, 6.45) is 1.01. The first-order valence-electron chi connectivity index (χ1n) is 6.77. The SMILES string of the molecule is CNC(=O)NC(=O)C(C)N1CCCN(CCN)CC1. The van der Waals surface area contributed by atoms with Gasteiger partial charge in [0.2, 0.25) is 5.91 Å². The number of rotatable bonds is 4. The van der Waals surface area contributed by atoms with Crippen molar-refractivity contribution in [3.63, 3.8) is 0 Å². The molecule has 0 radical (unpaired) electrons. The molecule has 0 aromatic rings. The number of nitrogens with zero attached hydrogens (tertiary/aromatic N) is 2. The molecule has 1 heterocycles. The zero-order valence-corrected chi connectivity index (χ0v) is 11.8. The monoisotopic (exact) mass is 271 g/mol. The fourth-order valence-corrected chi connectivity index (χ4v) is 2.23. The summed E-state index contributed by atoms with van der Waals surface area (Å²) in [6.45, 7) is 6.99. The van der Waals surface area contributed by atoms with Crippen LogP contribution in [0.2, 0.25) is 0 Å². The fourth-order valence-electron chi connectivity index (χ4n) is 2.23. The van der Waals surface area contributed by atoms with E-state index < -0.39 is 6.03 Å². The summed E-state index contributed by atoms with van der Waals surface area (Å²) in [5.41, 5.74) is 5.56. The lowest BCUT2D eigenvalue weighted by Crippen LogP contribution is -2.50. The van der Waals surface area contributed by atoms with E-state index in [9.17, 15) is 9.59 Å². The van der Waals surface area contributed by atoms with E-state index in [-0.39, 0.29) is 11.9 Å². The number of hydrogen-bond donors (Lipinski definition) is 3. The summed E-state index contributed by atoms with van der Waals surface area (Å²) in [6, 6.07) is -0.758. The number of amides is 3. The maximum atomic E-state index is 11.9. The minimum Gasteiger partial charge on any atom is -0.341 e. The molecule has 1 aliphatic heterocycles. The molecular formula is C12H25N5O2. The highest BCUT2D eigenvalue weighted by atomic mass is 16.2. The molecule has 1 saturated heterocycles. The van der Waals surface area contributed by atoms with Gasteiger partial charge in [-0.25, -0.2) is 4.79 Å². The van der Waals surface area contributed by atoms with Crippen LogP contribution in [0.25, 0.3) is 0 Å². The third-order valence-corrected chi connectivity index (χ3v) is 3.46. The van der Waals surface area contributed by atoms with Crippen molar-refractivity contribution < 1.29 is 9.59 Å². The van der Waals surface area contributed by atoms with Crippen LogP contribution < -0.4 is 16.4 Å². The molecule has 1 rings (SSSR count). The van der Waals surface area contributed by atoms with Crippen LogP contribution in [0.3, 0.4) is 0 Å². The van der Waals surface area contributed by atoms with E-state index in [1.54, 1.807) is 0 Å². The molecule has 0 saturated carbocycles. The molecule has 1 fully saturated rings. The first-order valence-corrected chi connectivity index (χ1v) is 6.77. The van der Waals surface area contributed by atoms with E-state index in [0.29, 0.717) is 6.54 Å². The maximum absolute atomic E-state index is 11.9. The number of hydrogen-bond acceptors (Lipinski definition) is 5. The average Bonchev–Trinajstić information content (AvgIpc) is 2.63. The van der Waals surface area contributed by atoms with Gasteiger partial charge in [0.25, 0.3) is 0 Å². The molecular weight excluding hydrogens is 246 g/mol. The first kappa shape index (κ1) is 15.9. The summed E-state index contributed by atoms with van der Waals surface area (Å²) >= 11 is 0. The van der Waals surface area contributed by atoms with Crippen molar-refractivity contribution in [1.82, 2.24) is 20.4 Å². The van der Waals surface area contributed by atoms with E-state index in [2.05, 4.69) is 20.4 Å². The second-order valence-electron chi connectivity index (χ2n) is 4.76. The molecule has 3 amide bonds. The van der Waals surface area contributed by atoms with E-state index in [4.69, 9.17) is 5.73 Å². The zero-order chi connectivity index (χ0) is 14.3. The Hall–Kier alpha value is -1.18. The van der Waals surface area contributed by atoms with Crippen LogP contribution in [0.15, 0.2) is 0 Å². The molecule has 7 nitrogen and oxygen atoms in total. The van der Waals surface area contributed by atoms with Gasteiger partial charge in [0.15, 0.2) is 0 Å². The van der Waals surface area contributed by atoms with Crippen LogP contribution in [0.4, 0.5) is 4.79 Å². The molecule has 0 bridgehead atoms. The third kappa shape index (κ3) is 5.14. The summed E-state index contributed by atoms with van der Waals surface area (Å²) < 4.78 is 0. The standard InChI is InChI=1S/C12H25N5O2/c1-10(11(18)15-12(19)14-2)17-6-3-5-16(7-4-13)8-9-17/h10H,3-9,13H2,1-2H3,(H2,14,15,18,19). The highest BCUT2D eigenvalue weighted by molar-refractivity contribution is 5.96. The maximum Gasteiger partial charge on any atom is 0.321 e. The van der Waals surface area contributed by atoms with Gasteiger partial charge >= 0.3 is 6.03 Å². The van der Waals surface area contributed by atoms with Crippen LogP contribution in [-0.2, 0) is 4.79 Å². The Bertz CT molecular complexity index is 310. The van der Waals surface area contributed by atoms with Gasteiger partial charge in [0, 0.05) is 39.8 Å². The molecule has 110 valence electrons. The van der Waals surface area contributed by atoms with Gasteiger partial charge in [0.05, 0.1) is 6.04 Å². The van der Waals surface area contributed by atoms with Crippen molar-refractivity contribution in [2.24, 2.45) is 5.73 Å². The predicted octanol–water partition coefficient (Wildman–Crippen LogP) is -1.20. The van der Waals surface area contributed by atoms with Gasteiger partial charge in [-0.05, 0) is 19.9 Å². The van der Waals surface area contributed by atoms with Gasteiger partial charge in [0.1, 0.15) is 0 Å². The minimum atomic E-state index is -0.462. The summed E-state index contributed by atoms with van der Waals surface area (Å²) in [5, 5.41) is 4.70. The number of nitrogens with one attached hydrogen (secondary N) is 2. The van der Waals surface area contributed by atoms with Crippen LogP contribution in [-0.4, -0.2) is 74.1 Å². The number of urea groups is 1. The molecule has 0 spiro atoms. The highest BCUT2D eigenvalue weighted by Gasteiger charge is 2.24. The van der Waals surface area contributed by atoms with Crippen LogP contribution in [0, 0.1) is 0 Å². The fraction of sp³-hybridized carbons (Fsp3) is 0.833. The van der Waals surface area contributed by atoms with Gasteiger partial charge in [-0.1, -0.05) is 0 Å². The molecule has 0 aromatic heterocycles. The first-order chi connectivity index (χ1) is 9.08. The summed E-state index contributed by atoms with van der Waals surface area (Å²) in [7, 11) is 1.49. The van der Waals surface area contributed by atoms with Gasteiger partial charge in [-0.2, -0.15) is 0 Å². The highest BCUT2D eigenvalue weighted by Crippen LogP contribution is 2.07. The van der Waals surface area contributed by atoms with E-state index in [0.717, 1.165) is 39.1 Å². The molecule has 1 atom stereocenters. The summed E-state index contributed by atoms with van der Waals surface area (Å²) in [5.74, 6) is -0.258. The minimum absolute atomic E-state index is 0.258. The van der Waals surface area contributed by atoms with Crippen LogP contribution in [0.5, 0.6) is 0 Å². The Kier molecular flexibility index (Phi) is 6.75.